The van der Waals surface area contributed by atoms with Crippen LogP contribution in [0.1, 0.15) is 15.9 Å². The zero-order chi connectivity index (χ0) is 10.7. The zero-order valence-electron chi connectivity index (χ0n) is 7.17. The molecule has 0 unspecified atom stereocenters. The van der Waals surface area contributed by atoms with Crippen molar-refractivity contribution < 1.29 is 18.3 Å². The van der Waals surface area contributed by atoms with E-state index in [9.17, 15) is 13.6 Å². The van der Waals surface area contributed by atoms with Gasteiger partial charge in [-0.15, -0.1) is 0 Å². The third-order valence-electron chi connectivity index (χ3n) is 1.61. The number of esters is 1. The number of rotatable bonds is 1. The summed E-state index contributed by atoms with van der Waals surface area (Å²) in [7, 11) is 1.09. The Hall–Kier alpha value is -1.96. The summed E-state index contributed by atoms with van der Waals surface area (Å²) in [5.41, 5.74) is -0.925. The lowest BCUT2D eigenvalue weighted by Gasteiger charge is -2.02. The molecule has 14 heavy (non-hydrogen) atoms. The largest absolute Gasteiger partial charge is 0.465 e. The van der Waals surface area contributed by atoms with E-state index >= 15 is 0 Å². The number of nitrogens with zero attached hydrogens (tertiary/aromatic N) is 1. The highest BCUT2D eigenvalue weighted by Gasteiger charge is 2.18. The van der Waals surface area contributed by atoms with Crippen LogP contribution in [-0.2, 0) is 4.74 Å². The van der Waals surface area contributed by atoms with Crippen LogP contribution in [0.5, 0.6) is 0 Å². The fraction of sp³-hybridized carbons (Fsp3) is 0.111. The predicted octanol–water partition coefficient (Wildman–Crippen LogP) is 1.62. The molecule has 0 N–H and O–H groups in total. The van der Waals surface area contributed by atoms with Gasteiger partial charge in [-0.1, -0.05) is 0 Å². The van der Waals surface area contributed by atoms with E-state index in [0.717, 1.165) is 19.2 Å². The summed E-state index contributed by atoms with van der Waals surface area (Å²) in [6.45, 7) is 0. The summed E-state index contributed by atoms with van der Waals surface area (Å²) in [4.78, 5) is 11.0. The lowest BCUT2D eigenvalue weighted by Crippen LogP contribution is -2.06. The smallest absolute Gasteiger partial charge is 0.339 e. The molecular weight excluding hydrogens is 192 g/mol. The number of hydrogen-bond acceptors (Lipinski definition) is 3. The molecule has 0 aromatic heterocycles. The molecule has 0 bridgehead atoms. The zero-order valence-corrected chi connectivity index (χ0v) is 7.17. The molecule has 1 aromatic carbocycles. The topological polar surface area (TPSA) is 50.1 Å². The van der Waals surface area contributed by atoms with Gasteiger partial charge in [0.05, 0.1) is 12.7 Å². The lowest BCUT2D eigenvalue weighted by molar-refractivity contribution is 0.0599. The molecule has 0 saturated heterocycles. The van der Waals surface area contributed by atoms with Crippen LogP contribution < -0.4 is 0 Å². The SMILES string of the molecule is COC(=O)c1ccc(F)c(F)c1C#N. The highest BCUT2D eigenvalue weighted by Crippen LogP contribution is 2.16. The quantitative estimate of drug-likeness (QED) is 0.643. The van der Waals surface area contributed by atoms with Gasteiger partial charge in [0.15, 0.2) is 11.6 Å². The van der Waals surface area contributed by atoms with E-state index in [2.05, 4.69) is 4.74 Å². The Labute approximate surface area is 78.5 Å². The van der Waals surface area contributed by atoms with Gasteiger partial charge in [0, 0.05) is 0 Å². The average molecular weight is 197 g/mol. The second-order valence-electron chi connectivity index (χ2n) is 2.39. The van der Waals surface area contributed by atoms with Crippen molar-refractivity contribution in [2.24, 2.45) is 0 Å². The molecule has 0 aliphatic carbocycles. The van der Waals surface area contributed by atoms with E-state index in [0.29, 0.717) is 0 Å². The summed E-state index contributed by atoms with van der Waals surface area (Å²) >= 11 is 0. The number of benzene rings is 1. The minimum atomic E-state index is -1.34. The first-order valence-electron chi connectivity index (χ1n) is 3.58. The average Bonchev–Trinajstić information content (AvgIpc) is 2.20. The van der Waals surface area contributed by atoms with Crippen molar-refractivity contribution in [1.82, 2.24) is 0 Å². The van der Waals surface area contributed by atoms with Gasteiger partial charge in [-0.05, 0) is 12.1 Å². The van der Waals surface area contributed by atoms with Crippen molar-refractivity contribution >= 4 is 5.97 Å². The van der Waals surface area contributed by atoms with Crippen LogP contribution in [0, 0.1) is 23.0 Å². The van der Waals surface area contributed by atoms with E-state index in [1.54, 1.807) is 0 Å². The van der Waals surface area contributed by atoms with Crippen molar-refractivity contribution in [3.63, 3.8) is 0 Å². The molecule has 0 radical (unpaired) electrons. The number of methoxy groups -OCH3 is 1. The molecule has 0 fully saturated rings. The van der Waals surface area contributed by atoms with Gasteiger partial charge in [-0.2, -0.15) is 5.26 Å². The fourth-order valence-corrected chi connectivity index (χ4v) is 0.940. The van der Waals surface area contributed by atoms with E-state index in [1.807, 2.05) is 0 Å². The maximum absolute atomic E-state index is 13.0. The number of halogens is 2. The molecule has 0 aliphatic heterocycles. The number of hydrogen-bond donors (Lipinski definition) is 0. The van der Waals surface area contributed by atoms with Crippen LogP contribution in [0.4, 0.5) is 8.78 Å². The summed E-state index contributed by atoms with van der Waals surface area (Å²) < 4.78 is 29.9. The van der Waals surface area contributed by atoms with Crippen LogP contribution in [0.25, 0.3) is 0 Å². The molecule has 0 atom stereocenters. The first-order valence-corrected chi connectivity index (χ1v) is 3.58. The Bertz CT molecular complexity index is 424. The summed E-state index contributed by atoms with van der Waals surface area (Å²) in [5.74, 6) is -3.38. The molecule has 1 rings (SSSR count). The summed E-state index contributed by atoms with van der Waals surface area (Å²) in [5, 5.41) is 8.50. The summed E-state index contributed by atoms with van der Waals surface area (Å²) in [6.07, 6.45) is 0. The molecule has 72 valence electrons. The minimum absolute atomic E-state index is 0.283. The Morgan fingerprint density at radius 1 is 1.50 bits per heavy atom. The van der Waals surface area contributed by atoms with Crippen LogP contribution in [0.15, 0.2) is 12.1 Å². The van der Waals surface area contributed by atoms with Crippen molar-refractivity contribution in [2.45, 2.75) is 0 Å². The van der Waals surface area contributed by atoms with Gasteiger partial charge in [-0.3, -0.25) is 0 Å². The second kappa shape index (κ2) is 3.83. The molecule has 0 spiro atoms. The van der Waals surface area contributed by atoms with Crippen molar-refractivity contribution in [3.05, 3.63) is 34.9 Å². The number of nitriles is 1. The van der Waals surface area contributed by atoms with Gasteiger partial charge in [-0.25, -0.2) is 13.6 Å². The Morgan fingerprint density at radius 2 is 2.14 bits per heavy atom. The first kappa shape index (κ1) is 10.1. The molecule has 0 heterocycles. The van der Waals surface area contributed by atoms with Crippen LogP contribution in [0.3, 0.4) is 0 Å². The van der Waals surface area contributed by atoms with Gasteiger partial charge in [0.1, 0.15) is 11.6 Å². The summed E-state index contributed by atoms with van der Waals surface area (Å²) in [6, 6.07) is 3.17. The number of ether oxygens (including phenoxy) is 1. The molecule has 5 heteroatoms. The Morgan fingerprint density at radius 3 is 2.64 bits per heavy atom. The monoisotopic (exact) mass is 197 g/mol. The Balaban J connectivity index is 3.40. The van der Waals surface area contributed by atoms with Gasteiger partial charge < -0.3 is 4.74 Å². The molecular formula is C9H5F2NO2. The van der Waals surface area contributed by atoms with Gasteiger partial charge >= 0.3 is 5.97 Å². The third-order valence-corrected chi connectivity index (χ3v) is 1.61. The first-order chi connectivity index (χ1) is 6.61. The molecule has 0 saturated carbocycles. The highest BCUT2D eigenvalue weighted by atomic mass is 19.2. The molecule has 3 nitrogen and oxygen atoms in total. The number of carbonyl (C=O) groups is 1. The number of carbonyl (C=O) groups excluding carboxylic acids is 1. The van der Waals surface area contributed by atoms with E-state index in [4.69, 9.17) is 5.26 Å². The van der Waals surface area contributed by atoms with Crippen molar-refractivity contribution in [2.75, 3.05) is 7.11 Å². The normalized spacial score (nSPS) is 9.29. The maximum atomic E-state index is 13.0. The predicted molar refractivity (Wildman–Crippen MR) is 42.4 cm³/mol. The van der Waals surface area contributed by atoms with Gasteiger partial charge in [0.2, 0.25) is 0 Å². The van der Waals surface area contributed by atoms with Crippen LogP contribution in [0.2, 0.25) is 0 Å². The van der Waals surface area contributed by atoms with E-state index in [-0.39, 0.29) is 5.56 Å². The maximum Gasteiger partial charge on any atom is 0.339 e. The minimum Gasteiger partial charge on any atom is -0.465 e. The lowest BCUT2D eigenvalue weighted by atomic mass is 10.1. The molecule has 1 aromatic rings. The Kier molecular flexibility index (Phi) is 2.77. The molecule has 0 aliphatic rings. The van der Waals surface area contributed by atoms with E-state index in [1.165, 1.54) is 6.07 Å². The van der Waals surface area contributed by atoms with Crippen molar-refractivity contribution in [1.29, 1.82) is 5.26 Å². The highest BCUT2D eigenvalue weighted by molar-refractivity contribution is 5.92. The molecule has 0 amide bonds. The van der Waals surface area contributed by atoms with E-state index < -0.39 is 23.2 Å². The van der Waals surface area contributed by atoms with Crippen molar-refractivity contribution in [3.8, 4) is 6.07 Å². The third kappa shape index (κ3) is 1.55. The fourth-order valence-electron chi connectivity index (χ4n) is 0.940. The van der Waals surface area contributed by atoms with Crippen LogP contribution >= 0.6 is 0 Å². The standard InChI is InChI=1S/C9H5F2NO2/c1-14-9(13)5-2-3-7(10)8(11)6(5)4-12/h2-3H,1H3. The van der Waals surface area contributed by atoms with Crippen LogP contribution in [-0.4, -0.2) is 13.1 Å². The second-order valence-corrected chi connectivity index (χ2v) is 2.39. The van der Waals surface area contributed by atoms with Gasteiger partial charge in [0.25, 0.3) is 0 Å².